The van der Waals surface area contributed by atoms with Gasteiger partial charge >= 0.3 is 17.7 Å². The van der Waals surface area contributed by atoms with Crippen LogP contribution in [0.4, 0.5) is 4.79 Å². The Hall–Kier alpha value is -3.61. The minimum absolute atomic E-state index is 0.243. The molecule has 1 aliphatic heterocycles. The van der Waals surface area contributed by atoms with Crippen LogP contribution in [-0.4, -0.2) is 35.2 Å². The maximum atomic E-state index is 12.8. The molecule has 3 aromatic rings. The van der Waals surface area contributed by atoms with Crippen molar-refractivity contribution < 1.29 is 23.5 Å². The van der Waals surface area contributed by atoms with Gasteiger partial charge < -0.3 is 13.9 Å². The highest BCUT2D eigenvalue weighted by Crippen LogP contribution is 2.30. The van der Waals surface area contributed by atoms with Crippen molar-refractivity contribution in [1.29, 1.82) is 0 Å². The van der Waals surface area contributed by atoms with Crippen LogP contribution in [0.15, 0.2) is 63.8 Å². The molecule has 0 aliphatic carbocycles. The third kappa shape index (κ3) is 4.66. The molecule has 2 aromatic carbocycles. The first-order valence-electron chi connectivity index (χ1n) is 10.6. The molecule has 0 spiro atoms. The second-order valence-electron chi connectivity index (χ2n) is 8.76. The summed E-state index contributed by atoms with van der Waals surface area (Å²) in [6.45, 7) is 5.77. The number of likely N-dealkylation sites (tertiary alicyclic amines) is 1. The molecule has 1 amide bonds. The van der Waals surface area contributed by atoms with E-state index in [0.29, 0.717) is 25.0 Å². The standard InChI is InChI=1S/C25H25NO6/c1-25(2,3)32-24(29)26-13-7-10-20(26)23(28)30-17-11-12-18-19(16-8-5-4-6-9-16)15-22(27)31-21(18)14-17/h4-6,8-9,11-12,14-15,20H,7,10,13H2,1-3H3. The summed E-state index contributed by atoms with van der Waals surface area (Å²) in [5, 5.41) is 0.729. The lowest BCUT2D eigenvalue weighted by atomic mass is 10.0. The van der Waals surface area contributed by atoms with Gasteiger partial charge in [-0.05, 0) is 56.9 Å². The van der Waals surface area contributed by atoms with Crippen molar-refractivity contribution in [2.75, 3.05) is 6.54 Å². The molecule has 0 saturated carbocycles. The summed E-state index contributed by atoms with van der Waals surface area (Å²) in [5.74, 6) is -0.304. The Morgan fingerprint density at radius 1 is 1.06 bits per heavy atom. The quantitative estimate of drug-likeness (QED) is 0.335. The van der Waals surface area contributed by atoms with Crippen LogP contribution < -0.4 is 10.4 Å². The molecule has 1 atom stereocenters. The normalized spacial score (nSPS) is 16.2. The molecule has 2 heterocycles. The van der Waals surface area contributed by atoms with Crippen LogP contribution in [0.2, 0.25) is 0 Å². The summed E-state index contributed by atoms with van der Waals surface area (Å²) in [6, 6.07) is 15.2. The zero-order chi connectivity index (χ0) is 22.9. The molecule has 0 N–H and O–H groups in total. The molecule has 32 heavy (non-hydrogen) atoms. The average molecular weight is 435 g/mol. The highest BCUT2D eigenvalue weighted by Gasteiger charge is 2.38. The molecule has 0 radical (unpaired) electrons. The molecule has 7 heteroatoms. The summed E-state index contributed by atoms with van der Waals surface area (Å²) >= 11 is 0. The van der Waals surface area contributed by atoms with Crippen LogP contribution in [0.25, 0.3) is 22.1 Å². The van der Waals surface area contributed by atoms with E-state index in [9.17, 15) is 14.4 Å². The van der Waals surface area contributed by atoms with Gasteiger partial charge in [-0.3, -0.25) is 4.90 Å². The smallest absolute Gasteiger partial charge is 0.411 e. The molecule has 1 unspecified atom stereocenters. The van der Waals surface area contributed by atoms with Crippen molar-refractivity contribution in [3.8, 4) is 16.9 Å². The van der Waals surface area contributed by atoms with Crippen molar-refractivity contribution in [3.05, 3.63) is 65.0 Å². The number of amides is 1. The number of nitrogens with zero attached hydrogens (tertiary/aromatic N) is 1. The lowest BCUT2D eigenvalue weighted by Gasteiger charge is -2.27. The minimum atomic E-state index is -0.719. The van der Waals surface area contributed by atoms with Crippen LogP contribution in [0, 0.1) is 0 Å². The van der Waals surface area contributed by atoms with Crippen LogP contribution in [-0.2, 0) is 9.53 Å². The fourth-order valence-electron chi connectivity index (χ4n) is 3.80. The van der Waals surface area contributed by atoms with Gasteiger partial charge in [0.2, 0.25) is 0 Å². The van der Waals surface area contributed by atoms with Crippen molar-refractivity contribution >= 4 is 23.0 Å². The van der Waals surface area contributed by atoms with Crippen molar-refractivity contribution in [2.24, 2.45) is 0 Å². The number of carbonyl (C=O) groups is 2. The number of fused-ring (bicyclic) bond motifs is 1. The molecule has 166 valence electrons. The Morgan fingerprint density at radius 2 is 1.81 bits per heavy atom. The number of esters is 1. The Bertz CT molecular complexity index is 1210. The fraction of sp³-hybridized carbons (Fsp3) is 0.320. The van der Waals surface area contributed by atoms with E-state index in [4.69, 9.17) is 13.9 Å². The second kappa shape index (κ2) is 8.49. The maximum absolute atomic E-state index is 12.8. The predicted octanol–water partition coefficient (Wildman–Crippen LogP) is 4.76. The van der Waals surface area contributed by atoms with E-state index < -0.39 is 29.3 Å². The highest BCUT2D eigenvalue weighted by molar-refractivity contribution is 5.94. The first kappa shape index (κ1) is 21.6. The van der Waals surface area contributed by atoms with Crippen LogP contribution in [0.5, 0.6) is 5.75 Å². The Labute approximate surface area is 185 Å². The Kier molecular flexibility index (Phi) is 5.74. The van der Waals surface area contributed by atoms with E-state index in [1.807, 2.05) is 30.3 Å². The monoisotopic (exact) mass is 435 g/mol. The first-order valence-corrected chi connectivity index (χ1v) is 10.6. The van der Waals surface area contributed by atoms with Gasteiger partial charge in [-0.25, -0.2) is 14.4 Å². The van der Waals surface area contributed by atoms with Crippen LogP contribution >= 0.6 is 0 Å². The molecule has 4 rings (SSSR count). The van der Waals surface area contributed by atoms with Crippen molar-refractivity contribution in [3.63, 3.8) is 0 Å². The van der Waals surface area contributed by atoms with Gasteiger partial charge in [0.25, 0.3) is 0 Å². The highest BCUT2D eigenvalue weighted by atomic mass is 16.6. The van der Waals surface area contributed by atoms with E-state index in [1.54, 1.807) is 32.9 Å². The first-order chi connectivity index (χ1) is 15.2. The zero-order valence-electron chi connectivity index (χ0n) is 18.3. The number of benzene rings is 2. The predicted molar refractivity (Wildman–Crippen MR) is 120 cm³/mol. The van der Waals surface area contributed by atoms with E-state index >= 15 is 0 Å². The van der Waals surface area contributed by atoms with Crippen molar-refractivity contribution in [2.45, 2.75) is 45.3 Å². The second-order valence-corrected chi connectivity index (χ2v) is 8.76. The van der Waals surface area contributed by atoms with E-state index in [1.165, 1.54) is 17.0 Å². The summed E-state index contributed by atoms with van der Waals surface area (Å²) in [5.41, 5.74) is 0.792. The number of carbonyl (C=O) groups excluding carboxylic acids is 2. The molecule has 7 nitrogen and oxygen atoms in total. The van der Waals surface area contributed by atoms with Gasteiger partial charge in [-0.2, -0.15) is 0 Å². The topological polar surface area (TPSA) is 86.0 Å². The number of hydrogen-bond donors (Lipinski definition) is 0. The lowest BCUT2D eigenvalue weighted by Crippen LogP contribution is -2.44. The molecule has 0 bridgehead atoms. The van der Waals surface area contributed by atoms with E-state index in [-0.39, 0.29) is 5.75 Å². The summed E-state index contributed by atoms with van der Waals surface area (Å²) in [4.78, 5) is 38.8. The van der Waals surface area contributed by atoms with Gasteiger partial charge in [-0.15, -0.1) is 0 Å². The molecular weight excluding hydrogens is 410 g/mol. The number of rotatable bonds is 3. The molecular formula is C25H25NO6. The average Bonchev–Trinajstić information content (AvgIpc) is 3.23. The minimum Gasteiger partial charge on any atom is -0.444 e. The van der Waals surface area contributed by atoms with E-state index in [0.717, 1.165) is 16.5 Å². The number of ether oxygens (including phenoxy) is 2. The van der Waals surface area contributed by atoms with Crippen LogP contribution in [0.3, 0.4) is 0 Å². The van der Waals surface area contributed by atoms with Gasteiger partial charge in [0.1, 0.15) is 23.0 Å². The zero-order valence-corrected chi connectivity index (χ0v) is 18.3. The third-order valence-corrected chi connectivity index (χ3v) is 5.17. The molecule has 1 aliphatic rings. The van der Waals surface area contributed by atoms with Gasteiger partial charge in [0.05, 0.1) is 0 Å². The fourth-order valence-corrected chi connectivity index (χ4v) is 3.80. The summed E-state index contributed by atoms with van der Waals surface area (Å²) < 4.78 is 16.3. The van der Waals surface area contributed by atoms with Gasteiger partial charge in [0, 0.05) is 24.1 Å². The van der Waals surface area contributed by atoms with Crippen molar-refractivity contribution in [1.82, 2.24) is 4.90 Å². The molecule has 1 aromatic heterocycles. The van der Waals surface area contributed by atoms with Gasteiger partial charge in [0.15, 0.2) is 0 Å². The Balaban J connectivity index is 1.57. The molecule has 1 fully saturated rings. The number of hydrogen-bond acceptors (Lipinski definition) is 6. The maximum Gasteiger partial charge on any atom is 0.411 e. The van der Waals surface area contributed by atoms with Gasteiger partial charge in [-0.1, -0.05) is 30.3 Å². The largest absolute Gasteiger partial charge is 0.444 e. The molecule has 1 saturated heterocycles. The van der Waals surface area contributed by atoms with Crippen LogP contribution in [0.1, 0.15) is 33.6 Å². The lowest BCUT2D eigenvalue weighted by molar-refractivity contribution is -0.139. The summed E-state index contributed by atoms with van der Waals surface area (Å²) in [6.07, 6.45) is 0.652. The third-order valence-electron chi connectivity index (χ3n) is 5.17. The SMILES string of the molecule is CC(C)(C)OC(=O)N1CCCC1C(=O)Oc1ccc2c(-c3ccccc3)cc(=O)oc2c1. The Morgan fingerprint density at radius 3 is 2.53 bits per heavy atom. The summed E-state index contributed by atoms with van der Waals surface area (Å²) in [7, 11) is 0. The van der Waals surface area contributed by atoms with E-state index in [2.05, 4.69) is 0 Å².